The Labute approximate surface area is 126 Å². The zero-order valence-corrected chi connectivity index (χ0v) is 12.7. The molecule has 1 heterocycles. The predicted octanol–water partition coefficient (Wildman–Crippen LogP) is 4.31. The number of hydrogen-bond donors (Lipinski definition) is 1. The van der Waals surface area contributed by atoms with Crippen molar-refractivity contribution in [2.45, 2.75) is 19.4 Å². The SMILES string of the molecule is Cc1ccc(F)cc1NCC1Cc2cc(Br)ccc2O1. The van der Waals surface area contributed by atoms with E-state index in [-0.39, 0.29) is 11.9 Å². The molecular formula is C16H15BrFNO. The maximum absolute atomic E-state index is 13.2. The van der Waals surface area contributed by atoms with Crippen LogP contribution < -0.4 is 10.1 Å². The second-order valence-corrected chi connectivity index (χ2v) is 5.95. The molecule has 2 aromatic carbocycles. The molecule has 0 amide bonds. The molecule has 2 aromatic rings. The molecule has 1 N–H and O–H groups in total. The van der Waals surface area contributed by atoms with Crippen molar-refractivity contribution in [2.75, 3.05) is 11.9 Å². The summed E-state index contributed by atoms with van der Waals surface area (Å²) in [5.74, 6) is 0.716. The molecule has 1 aliphatic rings. The molecule has 1 unspecified atom stereocenters. The number of rotatable bonds is 3. The second-order valence-electron chi connectivity index (χ2n) is 5.04. The number of anilines is 1. The first-order chi connectivity index (χ1) is 9.61. The third-order valence-electron chi connectivity index (χ3n) is 3.48. The van der Waals surface area contributed by atoms with Crippen LogP contribution in [0.15, 0.2) is 40.9 Å². The van der Waals surface area contributed by atoms with Crippen molar-refractivity contribution in [3.63, 3.8) is 0 Å². The molecule has 0 bridgehead atoms. The Morgan fingerprint density at radius 1 is 1.30 bits per heavy atom. The van der Waals surface area contributed by atoms with Gasteiger partial charge in [0, 0.05) is 16.6 Å². The maximum Gasteiger partial charge on any atom is 0.125 e. The van der Waals surface area contributed by atoms with Gasteiger partial charge in [-0.15, -0.1) is 0 Å². The average Bonchev–Trinajstić information content (AvgIpc) is 2.81. The van der Waals surface area contributed by atoms with E-state index in [9.17, 15) is 4.39 Å². The minimum absolute atomic E-state index is 0.0852. The fourth-order valence-electron chi connectivity index (χ4n) is 2.41. The van der Waals surface area contributed by atoms with Gasteiger partial charge < -0.3 is 10.1 Å². The van der Waals surface area contributed by atoms with Crippen molar-refractivity contribution in [3.05, 3.63) is 57.8 Å². The van der Waals surface area contributed by atoms with Gasteiger partial charge in [-0.05, 0) is 48.4 Å². The summed E-state index contributed by atoms with van der Waals surface area (Å²) in [5.41, 5.74) is 3.07. The molecule has 0 spiro atoms. The van der Waals surface area contributed by atoms with Gasteiger partial charge in [0.25, 0.3) is 0 Å². The molecule has 2 nitrogen and oxygen atoms in total. The zero-order chi connectivity index (χ0) is 14.1. The first kappa shape index (κ1) is 13.4. The van der Waals surface area contributed by atoms with Crippen LogP contribution in [-0.4, -0.2) is 12.6 Å². The van der Waals surface area contributed by atoms with E-state index in [0.29, 0.717) is 6.54 Å². The van der Waals surface area contributed by atoms with Crippen LogP contribution in [0.5, 0.6) is 5.75 Å². The van der Waals surface area contributed by atoms with E-state index in [2.05, 4.69) is 27.3 Å². The third kappa shape index (κ3) is 2.80. The van der Waals surface area contributed by atoms with Crippen LogP contribution in [-0.2, 0) is 6.42 Å². The van der Waals surface area contributed by atoms with Crippen LogP contribution in [0.25, 0.3) is 0 Å². The third-order valence-corrected chi connectivity index (χ3v) is 3.98. The number of ether oxygens (including phenoxy) is 1. The zero-order valence-electron chi connectivity index (χ0n) is 11.1. The molecule has 0 aromatic heterocycles. The highest BCUT2D eigenvalue weighted by molar-refractivity contribution is 9.10. The van der Waals surface area contributed by atoms with Crippen molar-refractivity contribution >= 4 is 21.6 Å². The fraction of sp³-hybridized carbons (Fsp3) is 0.250. The maximum atomic E-state index is 13.2. The molecular weight excluding hydrogens is 321 g/mol. The lowest BCUT2D eigenvalue weighted by Crippen LogP contribution is -2.24. The first-order valence-electron chi connectivity index (χ1n) is 6.57. The molecule has 20 heavy (non-hydrogen) atoms. The molecule has 104 valence electrons. The van der Waals surface area contributed by atoms with E-state index in [1.807, 2.05) is 19.1 Å². The number of hydrogen-bond acceptors (Lipinski definition) is 2. The lowest BCUT2D eigenvalue weighted by Gasteiger charge is -2.14. The summed E-state index contributed by atoms with van der Waals surface area (Å²) in [6, 6.07) is 10.8. The van der Waals surface area contributed by atoms with E-state index in [0.717, 1.165) is 27.9 Å². The molecule has 0 aliphatic carbocycles. The minimum atomic E-state index is -0.224. The number of halogens is 2. The summed E-state index contributed by atoms with van der Waals surface area (Å²) in [6.45, 7) is 2.62. The molecule has 1 aliphatic heterocycles. The van der Waals surface area contributed by atoms with Crippen LogP contribution in [0.3, 0.4) is 0 Å². The van der Waals surface area contributed by atoms with E-state index in [1.165, 1.54) is 17.7 Å². The van der Waals surface area contributed by atoms with Crippen LogP contribution in [0, 0.1) is 12.7 Å². The average molecular weight is 336 g/mol. The Morgan fingerprint density at radius 2 is 2.15 bits per heavy atom. The number of benzene rings is 2. The Bertz CT molecular complexity index is 644. The fourth-order valence-corrected chi connectivity index (χ4v) is 2.82. The van der Waals surface area contributed by atoms with Gasteiger partial charge in [0.1, 0.15) is 17.7 Å². The van der Waals surface area contributed by atoms with Gasteiger partial charge in [-0.25, -0.2) is 4.39 Å². The van der Waals surface area contributed by atoms with Gasteiger partial charge in [-0.2, -0.15) is 0 Å². The standard InChI is InChI=1S/C16H15BrFNO/c1-10-2-4-13(18)8-15(10)19-9-14-7-11-6-12(17)3-5-16(11)20-14/h2-6,8,14,19H,7,9H2,1H3. The summed E-state index contributed by atoms with van der Waals surface area (Å²) >= 11 is 3.47. The molecule has 0 saturated carbocycles. The van der Waals surface area contributed by atoms with E-state index in [4.69, 9.17) is 4.74 Å². The molecule has 4 heteroatoms. The first-order valence-corrected chi connectivity index (χ1v) is 7.36. The highest BCUT2D eigenvalue weighted by atomic mass is 79.9. The Kier molecular flexibility index (Phi) is 3.66. The molecule has 3 rings (SSSR count). The Hall–Kier alpha value is -1.55. The van der Waals surface area contributed by atoms with E-state index in [1.54, 1.807) is 6.07 Å². The molecule has 0 fully saturated rings. The van der Waals surface area contributed by atoms with Crippen LogP contribution >= 0.6 is 15.9 Å². The lowest BCUT2D eigenvalue weighted by atomic mass is 10.1. The smallest absolute Gasteiger partial charge is 0.125 e. The predicted molar refractivity (Wildman–Crippen MR) is 81.9 cm³/mol. The van der Waals surface area contributed by atoms with Crippen molar-refractivity contribution in [1.82, 2.24) is 0 Å². The minimum Gasteiger partial charge on any atom is -0.488 e. The van der Waals surface area contributed by atoms with Crippen molar-refractivity contribution in [2.24, 2.45) is 0 Å². The van der Waals surface area contributed by atoms with Crippen LogP contribution in [0.2, 0.25) is 0 Å². The summed E-state index contributed by atoms with van der Waals surface area (Å²) in [6.07, 6.45) is 0.956. The quantitative estimate of drug-likeness (QED) is 0.902. The highest BCUT2D eigenvalue weighted by Crippen LogP contribution is 2.31. The summed E-state index contributed by atoms with van der Waals surface area (Å²) < 4.78 is 20.2. The van der Waals surface area contributed by atoms with Gasteiger partial charge in [0.15, 0.2) is 0 Å². The van der Waals surface area contributed by atoms with E-state index >= 15 is 0 Å². The van der Waals surface area contributed by atoms with Gasteiger partial charge in [-0.1, -0.05) is 22.0 Å². The van der Waals surface area contributed by atoms with Gasteiger partial charge in [0.05, 0.1) is 6.54 Å². The number of aryl methyl sites for hydroxylation is 1. The molecule has 0 radical (unpaired) electrons. The lowest BCUT2D eigenvalue weighted by molar-refractivity contribution is 0.246. The van der Waals surface area contributed by atoms with Crippen molar-refractivity contribution < 1.29 is 9.13 Å². The van der Waals surface area contributed by atoms with Crippen molar-refractivity contribution in [3.8, 4) is 5.75 Å². The number of nitrogens with one attached hydrogen (secondary N) is 1. The largest absolute Gasteiger partial charge is 0.488 e. The topological polar surface area (TPSA) is 21.3 Å². The van der Waals surface area contributed by atoms with Gasteiger partial charge in [-0.3, -0.25) is 0 Å². The Balaban J connectivity index is 1.65. The van der Waals surface area contributed by atoms with Gasteiger partial charge >= 0.3 is 0 Å². The van der Waals surface area contributed by atoms with Crippen LogP contribution in [0.1, 0.15) is 11.1 Å². The van der Waals surface area contributed by atoms with E-state index < -0.39 is 0 Å². The monoisotopic (exact) mass is 335 g/mol. The van der Waals surface area contributed by atoms with Gasteiger partial charge in [0.2, 0.25) is 0 Å². The molecule has 1 atom stereocenters. The summed E-state index contributed by atoms with van der Waals surface area (Å²) in [4.78, 5) is 0. The highest BCUT2D eigenvalue weighted by Gasteiger charge is 2.22. The van der Waals surface area contributed by atoms with Crippen molar-refractivity contribution in [1.29, 1.82) is 0 Å². The van der Waals surface area contributed by atoms with Crippen LogP contribution in [0.4, 0.5) is 10.1 Å². The second kappa shape index (κ2) is 5.44. The normalized spacial score (nSPS) is 16.6. The number of fused-ring (bicyclic) bond motifs is 1. The molecule has 0 saturated heterocycles. The summed E-state index contributed by atoms with van der Waals surface area (Å²) in [7, 11) is 0. The Morgan fingerprint density at radius 3 is 3.00 bits per heavy atom. The summed E-state index contributed by atoms with van der Waals surface area (Å²) in [5, 5.41) is 3.27.